The topological polar surface area (TPSA) is 96.3 Å². The molecule has 2 aromatic carbocycles. The molecule has 0 saturated carbocycles. The average molecular weight is 425 g/mol. The monoisotopic (exact) mass is 425 g/mol. The van der Waals surface area contributed by atoms with Gasteiger partial charge >= 0.3 is 0 Å². The van der Waals surface area contributed by atoms with Crippen molar-refractivity contribution >= 4 is 17.4 Å². The standard InChI is InChI=1S/C24H27NO6/c1-3-31-19-10-8-18(9-11-19)22(27)20-21(17-6-4-16(2)5-7-17)25(24(29)23(20)28)12-14-30-15-13-26/h4-11,21,26-27H,3,12-15H2,1-2H3. The Hall–Kier alpha value is -3.16. The number of ketones is 1. The van der Waals surface area contributed by atoms with E-state index in [-0.39, 0.29) is 37.7 Å². The van der Waals surface area contributed by atoms with Crippen LogP contribution in [0.25, 0.3) is 5.76 Å². The normalized spacial score (nSPS) is 17.9. The van der Waals surface area contributed by atoms with E-state index in [1.54, 1.807) is 24.3 Å². The number of aliphatic hydroxyl groups excluding tert-OH is 2. The molecular weight excluding hydrogens is 398 g/mol. The molecule has 0 bridgehead atoms. The molecule has 0 aromatic heterocycles. The molecule has 0 aliphatic carbocycles. The summed E-state index contributed by atoms with van der Waals surface area (Å²) in [5.74, 6) is -1.01. The highest BCUT2D eigenvalue weighted by atomic mass is 16.5. The lowest BCUT2D eigenvalue weighted by Crippen LogP contribution is -2.33. The van der Waals surface area contributed by atoms with Crippen LogP contribution in [0.2, 0.25) is 0 Å². The molecule has 7 nitrogen and oxygen atoms in total. The third-order valence-electron chi connectivity index (χ3n) is 5.08. The van der Waals surface area contributed by atoms with Gasteiger partial charge in [0, 0.05) is 12.1 Å². The quantitative estimate of drug-likeness (QED) is 0.278. The lowest BCUT2D eigenvalue weighted by Gasteiger charge is -2.25. The maximum atomic E-state index is 12.9. The van der Waals surface area contributed by atoms with E-state index < -0.39 is 17.7 Å². The summed E-state index contributed by atoms with van der Waals surface area (Å²) in [6.45, 7) is 4.68. The number of carbonyl (C=O) groups excluding carboxylic acids is 2. The summed E-state index contributed by atoms with van der Waals surface area (Å²) in [6.07, 6.45) is 0. The molecular formula is C24H27NO6. The van der Waals surface area contributed by atoms with Crippen molar-refractivity contribution < 1.29 is 29.3 Å². The van der Waals surface area contributed by atoms with Crippen LogP contribution >= 0.6 is 0 Å². The van der Waals surface area contributed by atoms with E-state index in [9.17, 15) is 14.7 Å². The Bertz CT molecular complexity index is 949. The van der Waals surface area contributed by atoms with Gasteiger partial charge in [0.2, 0.25) is 0 Å². The Kier molecular flexibility index (Phi) is 7.44. The number of nitrogens with zero attached hydrogens (tertiary/aromatic N) is 1. The van der Waals surface area contributed by atoms with Gasteiger partial charge in [-0.25, -0.2) is 0 Å². The summed E-state index contributed by atoms with van der Waals surface area (Å²) in [6, 6.07) is 13.5. The van der Waals surface area contributed by atoms with Crippen molar-refractivity contribution in [2.45, 2.75) is 19.9 Å². The van der Waals surface area contributed by atoms with Crippen molar-refractivity contribution in [3.05, 3.63) is 70.8 Å². The van der Waals surface area contributed by atoms with Crippen molar-refractivity contribution in [1.82, 2.24) is 4.90 Å². The Morgan fingerprint density at radius 1 is 1.03 bits per heavy atom. The molecule has 2 N–H and O–H groups in total. The van der Waals surface area contributed by atoms with Crippen LogP contribution in [-0.4, -0.2) is 59.8 Å². The third-order valence-corrected chi connectivity index (χ3v) is 5.08. The third kappa shape index (κ3) is 4.95. The number of likely N-dealkylation sites (tertiary alicyclic amines) is 1. The molecule has 0 spiro atoms. The molecule has 1 heterocycles. The predicted octanol–water partition coefficient (Wildman–Crippen LogP) is 2.82. The molecule has 1 saturated heterocycles. The van der Waals surface area contributed by atoms with Crippen LogP contribution in [0, 0.1) is 6.92 Å². The second kappa shape index (κ2) is 10.2. The highest BCUT2D eigenvalue weighted by molar-refractivity contribution is 6.46. The highest BCUT2D eigenvalue weighted by Crippen LogP contribution is 2.39. The predicted molar refractivity (Wildman–Crippen MR) is 116 cm³/mol. The first-order valence-corrected chi connectivity index (χ1v) is 10.2. The summed E-state index contributed by atoms with van der Waals surface area (Å²) in [5, 5.41) is 19.9. The summed E-state index contributed by atoms with van der Waals surface area (Å²) >= 11 is 0. The van der Waals surface area contributed by atoms with Gasteiger partial charge in [-0.1, -0.05) is 29.8 Å². The first kappa shape index (κ1) is 22.5. The first-order valence-electron chi connectivity index (χ1n) is 10.2. The number of aliphatic hydroxyl groups is 2. The Morgan fingerprint density at radius 3 is 2.32 bits per heavy atom. The fourth-order valence-electron chi connectivity index (χ4n) is 3.57. The summed E-state index contributed by atoms with van der Waals surface area (Å²) in [5.41, 5.74) is 2.23. The number of rotatable bonds is 9. The smallest absolute Gasteiger partial charge is 0.295 e. The zero-order valence-corrected chi connectivity index (χ0v) is 17.7. The molecule has 1 atom stereocenters. The van der Waals surface area contributed by atoms with Crippen LogP contribution in [-0.2, 0) is 14.3 Å². The van der Waals surface area contributed by atoms with Crippen molar-refractivity contribution in [3.63, 3.8) is 0 Å². The molecule has 7 heteroatoms. The number of hydrogen-bond donors (Lipinski definition) is 2. The number of aryl methyl sites for hydroxylation is 1. The number of Topliss-reactive ketones (excluding diaryl/α,β-unsaturated/α-hetero) is 1. The molecule has 1 aliphatic rings. The van der Waals surface area contributed by atoms with Crippen LogP contribution in [0.15, 0.2) is 54.1 Å². The maximum absolute atomic E-state index is 12.9. The molecule has 2 aromatic rings. The van der Waals surface area contributed by atoms with Crippen molar-refractivity contribution in [3.8, 4) is 5.75 Å². The minimum Gasteiger partial charge on any atom is -0.507 e. The summed E-state index contributed by atoms with van der Waals surface area (Å²) < 4.78 is 10.7. The number of carbonyl (C=O) groups is 2. The van der Waals surface area contributed by atoms with E-state index in [1.807, 2.05) is 38.1 Å². The van der Waals surface area contributed by atoms with Gasteiger partial charge in [0.15, 0.2) is 0 Å². The molecule has 164 valence electrons. The van der Waals surface area contributed by atoms with Crippen LogP contribution < -0.4 is 4.74 Å². The van der Waals surface area contributed by atoms with Crippen molar-refractivity contribution in [2.24, 2.45) is 0 Å². The molecule has 1 unspecified atom stereocenters. The minimum atomic E-state index is -0.737. The zero-order valence-electron chi connectivity index (χ0n) is 17.7. The lowest BCUT2D eigenvalue weighted by molar-refractivity contribution is -0.140. The van der Waals surface area contributed by atoms with Gasteiger partial charge in [0.1, 0.15) is 11.5 Å². The largest absolute Gasteiger partial charge is 0.507 e. The molecule has 1 fully saturated rings. The molecule has 0 radical (unpaired) electrons. The summed E-state index contributed by atoms with van der Waals surface area (Å²) in [4.78, 5) is 27.1. The van der Waals surface area contributed by atoms with Gasteiger partial charge in [0.25, 0.3) is 11.7 Å². The Balaban J connectivity index is 2.02. The van der Waals surface area contributed by atoms with Crippen LogP contribution in [0.3, 0.4) is 0 Å². The van der Waals surface area contributed by atoms with Crippen LogP contribution in [0.1, 0.15) is 29.7 Å². The second-order valence-electron chi connectivity index (χ2n) is 7.20. The van der Waals surface area contributed by atoms with Crippen LogP contribution in [0.4, 0.5) is 0 Å². The minimum absolute atomic E-state index is 0.0418. The fraction of sp³-hybridized carbons (Fsp3) is 0.333. The van der Waals surface area contributed by atoms with E-state index in [1.165, 1.54) is 4.90 Å². The van der Waals surface area contributed by atoms with Gasteiger partial charge < -0.3 is 24.6 Å². The van der Waals surface area contributed by atoms with E-state index in [0.717, 1.165) is 11.1 Å². The zero-order chi connectivity index (χ0) is 22.4. The average Bonchev–Trinajstić information content (AvgIpc) is 3.02. The second-order valence-corrected chi connectivity index (χ2v) is 7.20. The van der Waals surface area contributed by atoms with Crippen LogP contribution in [0.5, 0.6) is 5.75 Å². The van der Waals surface area contributed by atoms with Gasteiger partial charge in [-0.05, 0) is 43.7 Å². The number of benzene rings is 2. The number of amides is 1. The number of hydrogen-bond acceptors (Lipinski definition) is 6. The van der Waals surface area contributed by atoms with E-state index >= 15 is 0 Å². The Labute approximate surface area is 181 Å². The molecule has 3 rings (SSSR count). The SMILES string of the molecule is CCOc1ccc(C(O)=C2C(=O)C(=O)N(CCOCCO)C2c2ccc(C)cc2)cc1. The molecule has 1 amide bonds. The highest BCUT2D eigenvalue weighted by Gasteiger charge is 2.45. The van der Waals surface area contributed by atoms with Gasteiger partial charge in [-0.3, -0.25) is 9.59 Å². The number of ether oxygens (including phenoxy) is 2. The summed E-state index contributed by atoms with van der Waals surface area (Å²) in [7, 11) is 0. The lowest BCUT2D eigenvalue weighted by atomic mass is 9.94. The fourth-order valence-corrected chi connectivity index (χ4v) is 3.57. The van der Waals surface area contributed by atoms with E-state index in [4.69, 9.17) is 14.6 Å². The van der Waals surface area contributed by atoms with Gasteiger partial charge in [-0.2, -0.15) is 0 Å². The maximum Gasteiger partial charge on any atom is 0.295 e. The molecule has 31 heavy (non-hydrogen) atoms. The molecule has 1 aliphatic heterocycles. The van der Waals surface area contributed by atoms with Gasteiger partial charge in [-0.15, -0.1) is 0 Å². The van der Waals surface area contributed by atoms with Crippen molar-refractivity contribution in [2.75, 3.05) is 33.0 Å². The first-order chi connectivity index (χ1) is 15.0. The Morgan fingerprint density at radius 2 is 1.71 bits per heavy atom. The van der Waals surface area contributed by atoms with Crippen molar-refractivity contribution in [1.29, 1.82) is 0 Å². The van der Waals surface area contributed by atoms with Gasteiger partial charge in [0.05, 0.1) is 38.0 Å². The van der Waals surface area contributed by atoms with E-state index in [0.29, 0.717) is 17.9 Å². The van der Waals surface area contributed by atoms with E-state index in [2.05, 4.69) is 0 Å².